The minimum atomic E-state index is 0.756. The third kappa shape index (κ3) is 4.92. The van der Waals surface area contributed by atoms with E-state index in [9.17, 15) is 0 Å². The highest BCUT2D eigenvalue weighted by molar-refractivity contribution is 7.15. The molecule has 0 spiro atoms. The molecular formula is C15H28N4OS. The van der Waals surface area contributed by atoms with Crippen molar-refractivity contribution in [1.82, 2.24) is 15.2 Å². The summed E-state index contributed by atoms with van der Waals surface area (Å²) in [5.74, 6) is 0. The molecule has 2 heterocycles. The van der Waals surface area contributed by atoms with Crippen LogP contribution in [0.1, 0.15) is 23.9 Å². The lowest BCUT2D eigenvalue weighted by Crippen LogP contribution is -2.28. The molecule has 1 aliphatic heterocycles. The van der Waals surface area contributed by atoms with E-state index in [0.29, 0.717) is 0 Å². The molecule has 1 saturated heterocycles. The molecule has 5 nitrogen and oxygen atoms in total. The Morgan fingerprint density at radius 3 is 2.90 bits per heavy atom. The normalized spacial score (nSPS) is 17.2. The zero-order valence-electron chi connectivity index (χ0n) is 13.5. The Bertz CT molecular complexity index is 424. The van der Waals surface area contributed by atoms with Crippen molar-refractivity contribution in [2.75, 3.05) is 58.4 Å². The maximum absolute atomic E-state index is 5.07. The van der Waals surface area contributed by atoms with Gasteiger partial charge in [0.2, 0.25) is 0 Å². The third-order valence-electron chi connectivity index (χ3n) is 3.86. The summed E-state index contributed by atoms with van der Waals surface area (Å²) < 4.78 is 5.07. The third-order valence-corrected chi connectivity index (χ3v) is 5.02. The number of aryl methyl sites for hydroxylation is 1. The smallest absolute Gasteiger partial charge is 0.185 e. The molecule has 2 rings (SSSR count). The average Bonchev–Trinajstić information content (AvgIpc) is 2.77. The van der Waals surface area contributed by atoms with Gasteiger partial charge in [0.25, 0.3) is 0 Å². The second kappa shape index (κ2) is 8.68. The first kappa shape index (κ1) is 16.7. The van der Waals surface area contributed by atoms with Gasteiger partial charge in [-0.3, -0.25) is 0 Å². The van der Waals surface area contributed by atoms with Crippen LogP contribution in [0.5, 0.6) is 0 Å². The first-order valence-electron chi connectivity index (χ1n) is 7.86. The van der Waals surface area contributed by atoms with Crippen LogP contribution in [0.15, 0.2) is 0 Å². The number of likely N-dealkylation sites (N-methyl/N-ethyl adjacent to an activating group) is 1. The summed E-state index contributed by atoms with van der Waals surface area (Å²) >= 11 is 1.85. The van der Waals surface area contributed by atoms with Gasteiger partial charge in [0.15, 0.2) is 5.13 Å². The van der Waals surface area contributed by atoms with Gasteiger partial charge < -0.3 is 19.9 Å². The van der Waals surface area contributed by atoms with Gasteiger partial charge in [0.1, 0.15) is 0 Å². The Morgan fingerprint density at radius 2 is 2.14 bits per heavy atom. The van der Waals surface area contributed by atoms with E-state index in [1.807, 2.05) is 11.3 Å². The van der Waals surface area contributed by atoms with Crippen LogP contribution >= 0.6 is 11.3 Å². The highest BCUT2D eigenvalue weighted by Gasteiger charge is 2.18. The first-order valence-corrected chi connectivity index (χ1v) is 8.68. The number of hydrogen-bond donors (Lipinski definition) is 1. The molecule has 21 heavy (non-hydrogen) atoms. The topological polar surface area (TPSA) is 40.6 Å². The molecule has 0 atom stereocenters. The molecule has 0 radical (unpaired) electrons. The molecular weight excluding hydrogens is 284 g/mol. The summed E-state index contributed by atoms with van der Waals surface area (Å²) in [7, 11) is 3.94. The molecule has 1 aliphatic rings. The van der Waals surface area contributed by atoms with Gasteiger partial charge in [-0.25, -0.2) is 4.98 Å². The number of nitrogens with zero attached hydrogens (tertiary/aromatic N) is 3. The summed E-state index contributed by atoms with van der Waals surface area (Å²) in [6.07, 6.45) is 2.23. The fourth-order valence-electron chi connectivity index (χ4n) is 2.53. The number of ether oxygens (including phenoxy) is 1. The number of nitrogens with one attached hydrogen (secondary N) is 1. The highest BCUT2D eigenvalue weighted by atomic mass is 32.1. The molecule has 1 aromatic rings. The van der Waals surface area contributed by atoms with Crippen molar-refractivity contribution in [3.05, 3.63) is 10.6 Å². The Morgan fingerprint density at radius 1 is 1.29 bits per heavy atom. The van der Waals surface area contributed by atoms with Crippen molar-refractivity contribution < 1.29 is 4.74 Å². The van der Waals surface area contributed by atoms with E-state index in [1.54, 1.807) is 7.11 Å². The van der Waals surface area contributed by atoms with Crippen molar-refractivity contribution in [3.8, 4) is 0 Å². The number of hydrogen-bond acceptors (Lipinski definition) is 6. The molecule has 0 unspecified atom stereocenters. The molecule has 0 aromatic carbocycles. The summed E-state index contributed by atoms with van der Waals surface area (Å²) in [4.78, 5) is 11.1. The Labute approximate surface area is 132 Å². The van der Waals surface area contributed by atoms with E-state index in [4.69, 9.17) is 9.72 Å². The van der Waals surface area contributed by atoms with Crippen LogP contribution < -0.4 is 10.2 Å². The SMILES string of the molecule is CCc1nc(N2CCCN(C)CC2)sc1CNCCOC. The second-order valence-corrected chi connectivity index (χ2v) is 6.60. The van der Waals surface area contributed by atoms with Crippen molar-refractivity contribution in [3.63, 3.8) is 0 Å². The fourth-order valence-corrected chi connectivity index (χ4v) is 3.70. The van der Waals surface area contributed by atoms with E-state index in [2.05, 4.69) is 29.1 Å². The first-order chi connectivity index (χ1) is 10.2. The Hall–Kier alpha value is -0.690. The van der Waals surface area contributed by atoms with Gasteiger partial charge in [-0.1, -0.05) is 6.92 Å². The van der Waals surface area contributed by atoms with Crippen LogP contribution in [-0.4, -0.2) is 63.4 Å². The van der Waals surface area contributed by atoms with Gasteiger partial charge in [0, 0.05) is 44.7 Å². The van der Waals surface area contributed by atoms with Crippen molar-refractivity contribution in [2.45, 2.75) is 26.3 Å². The summed E-state index contributed by atoms with van der Waals surface area (Å²) in [6.45, 7) is 9.26. The van der Waals surface area contributed by atoms with Gasteiger partial charge in [-0.2, -0.15) is 0 Å². The van der Waals surface area contributed by atoms with Gasteiger partial charge in [-0.05, 0) is 26.4 Å². The van der Waals surface area contributed by atoms with Crippen LogP contribution in [0.25, 0.3) is 0 Å². The molecule has 1 aromatic heterocycles. The largest absolute Gasteiger partial charge is 0.383 e. The van der Waals surface area contributed by atoms with Gasteiger partial charge in [0.05, 0.1) is 12.3 Å². The van der Waals surface area contributed by atoms with Crippen LogP contribution in [0.2, 0.25) is 0 Å². The fraction of sp³-hybridized carbons (Fsp3) is 0.800. The lowest BCUT2D eigenvalue weighted by atomic mass is 10.3. The number of rotatable bonds is 7. The van der Waals surface area contributed by atoms with Crippen LogP contribution in [0, 0.1) is 0 Å². The standard InChI is InChI=1S/C15H28N4OS/c1-4-13-14(12-16-6-11-20-3)21-15(17-13)19-8-5-7-18(2)9-10-19/h16H,4-12H2,1-3H3. The Balaban J connectivity index is 1.98. The number of thiazole rings is 1. The summed E-state index contributed by atoms with van der Waals surface area (Å²) in [6, 6.07) is 0. The predicted molar refractivity (Wildman–Crippen MR) is 89.4 cm³/mol. The van der Waals surface area contributed by atoms with Crippen molar-refractivity contribution in [2.24, 2.45) is 0 Å². The number of anilines is 1. The maximum atomic E-state index is 5.07. The van der Waals surface area contributed by atoms with E-state index in [0.717, 1.165) is 45.8 Å². The Kier molecular flexibility index (Phi) is 6.89. The molecule has 0 saturated carbocycles. The van der Waals surface area contributed by atoms with Crippen LogP contribution in [0.4, 0.5) is 5.13 Å². The minimum absolute atomic E-state index is 0.756. The second-order valence-electron chi connectivity index (χ2n) is 5.53. The zero-order valence-corrected chi connectivity index (χ0v) is 14.3. The van der Waals surface area contributed by atoms with Gasteiger partial charge >= 0.3 is 0 Å². The quantitative estimate of drug-likeness (QED) is 0.774. The molecule has 0 bridgehead atoms. The van der Waals surface area contributed by atoms with Crippen molar-refractivity contribution in [1.29, 1.82) is 0 Å². The number of methoxy groups -OCH3 is 1. The van der Waals surface area contributed by atoms with Gasteiger partial charge in [-0.15, -0.1) is 11.3 Å². The maximum Gasteiger partial charge on any atom is 0.185 e. The van der Waals surface area contributed by atoms with Crippen molar-refractivity contribution >= 4 is 16.5 Å². The summed E-state index contributed by atoms with van der Waals surface area (Å²) in [5.41, 5.74) is 1.25. The molecule has 0 amide bonds. The van der Waals surface area contributed by atoms with E-state index < -0.39 is 0 Å². The zero-order chi connectivity index (χ0) is 15.1. The lowest BCUT2D eigenvalue weighted by Gasteiger charge is -2.19. The van der Waals surface area contributed by atoms with E-state index in [-0.39, 0.29) is 0 Å². The van der Waals surface area contributed by atoms with E-state index >= 15 is 0 Å². The highest BCUT2D eigenvalue weighted by Crippen LogP contribution is 2.27. The molecule has 0 aliphatic carbocycles. The molecule has 120 valence electrons. The molecule has 6 heteroatoms. The van der Waals surface area contributed by atoms with Crippen LogP contribution in [-0.2, 0) is 17.7 Å². The van der Waals surface area contributed by atoms with Crippen LogP contribution in [0.3, 0.4) is 0 Å². The molecule has 1 fully saturated rings. The summed E-state index contributed by atoms with van der Waals surface area (Å²) in [5, 5.41) is 4.63. The average molecular weight is 312 g/mol. The lowest BCUT2D eigenvalue weighted by molar-refractivity contribution is 0.199. The van der Waals surface area contributed by atoms with E-state index in [1.165, 1.54) is 28.7 Å². The predicted octanol–water partition coefficient (Wildman–Crippen LogP) is 1.58. The minimum Gasteiger partial charge on any atom is -0.383 e. The number of aromatic nitrogens is 1. The monoisotopic (exact) mass is 312 g/mol. The molecule has 1 N–H and O–H groups in total.